The predicted octanol–water partition coefficient (Wildman–Crippen LogP) is 7.12. The van der Waals surface area contributed by atoms with Crippen molar-refractivity contribution in [3.8, 4) is 26.8 Å². The SMILES string of the molecule is c1ccc(-c2sc3ccccc3c2-[n+]2ccccc2-c2cc3ccccc3s2)nc1. The molecule has 4 heterocycles. The molecule has 0 fully saturated rings. The average molecular weight is 422 g/mol. The maximum absolute atomic E-state index is 4.67. The third-order valence-electron chi connectivity index (χ3n) is 5.25. The highest BCUT2D eigenvalue weighted by molar-refractivity contribution is 7.23. The normalized spacial score (nSPS) is 11.3. The topological polar surface area (TPSA) is 16.8 Å². The lowest BCUT2D eigenvalue weighted by Gasteiger charge is -2.04. The van der Waals surface area contributed by atoms with Gasteiger partial charge < -0.3 is 0 Å². The van der Waals surface area contributed by atoms with Gasteiger partial charge in [0.25, 0.3) is 0 Å². The van der Waals surface area contributed by atoms with E-state index in [1.54, 1.807) is 11.3 Å². The Kier molecular flexibility index (Phi) is 4.18. The fourth-order valence-electron chi connectivity index (χ4n) is 3.89. The number of thiophene rings is 2. The van der Waals surface area contributed by atoms with Crippen LogP contribution in [0, 0.1) is 0 Å². The van der Waals surface area contributed by atoms with Crippen molar-refractivity contribution < 1.29 is 4.57 Å². The van der Waals surface area contributed by atoms with Gasteiger partial charge in [-0.2, -0.15) is 4.57 Å². The Balaban J connectivity index is 1.66. The molecule has 0 amide bonds. The van der Waals surface area contributed by atoms with Crippen molar-refractivity contribution in [1.29, 1.82) is 0 Å². The Labute approximate surface area is 182 Å². The third-order valence-corrected chi connectivity index (χ3v) is 7.57. The summed E-state index contributed by atoms with van der Waals surface area (Å²) in [6, 6.07) is 32.0. The zero-order chi connectivity index (χ0) is 19.9. The van der Waals surface area contributed by atoms with Gasteiger partial charge in [0.05, 0.1) is 11.1 Å². The number of rotatable bonds is 3. The summed E-state index contributed by atoms with van der Waals surface area (Å²) in [6.45, 7) is 0. The van der Waals surface area contributed by atoms with Crippen LogP contribution in [-0.2, 0) is 0 Å². The van der Waals surface area contributed by atoms with Crippen LogP contribution in [0.4, 0.5) is 0 Å². The lowest BCUT2D eigenvalue weighted by molar-refractivity contribution is -0.581. The zero-order valence-corrected chi connectivity index (χ0v) is 17.7. The first kappa shape index (κ1) is 17.5. The van der Waals surface area contributed by atoms with Gasteiger partial charge in [0.2, 0.25) is 11.4 Å². The highest BCUT2D eigenvalue weighted by atomic mass is 32.1. The number of hydrogen-bond acceptors (Lipinski definition) is 3. The summed E-state index contributed by atoms with van der Waals surface area (Å²) < 4.78 is 4.91. The molecule has 2 aromatic carbocycles. The molecule has 0 atom stereocenters. The summed E-state index contributed by atoms with van der Waals surface area (Å²) in [5, 5.41) is 2.54. The fraction of sp³-hybridized carbons (Fsp3) is 0. The predicted molar refractivity (Wildman–Crippen MR) is 127 cm³/mol. The molecule has 0 aliphatic rings. The molecule has 0 spiro atoms. The largest absolute Gasteiger partial charge is 0.255 e. The summed E-state index contributed by atoms with van der Waals surface area (Å²) in [4.78, 5) is 7.12. The first-order valence-corrected chi connectivity index (χ1v) is 11.4. The van der Waals surface area contributed by atoms with E-state index in [0.29, 0.717) is 0 Å². The van der Waals surface area contributed by atoms with Crippen molar-refractivity contribution in [3.63, 3.8) is 0 Å². The maximum atomic E-state index is 4.67. The van der Waals surface area contributed by atoms with Crippen LogP contribution >= 0.6 is 22.7 Å². The highest BCUT2D eigenvalue weighted by Gasteiger charge is 2.26. The smallest absolute Gasteiger partial charge is 0.239 e. The molecule has 4 aromatic heterocycles. The van der Waals surface area contributed by atoms with Crippen LogP contribution in [0.1, 0.15) is 0 Å². The van der Waals surface area contributed by atoms with Crippen molar-refractivity contribution in [3.05, 3.63) is 103 Å². The van der Waals surface area contributed by atoms with Gasteiger partial charge in [-0.05, 0) is 47.9 Å². The highest BCUT2D eigenvalue weighted by Crippen LogP contribution is 2.39. The van der Waals surface area contributed by atoms with Crippen LogP contribution in [-0.4, -0.2) is 4.98 Å². The number of nitrogens with zero attached hydrogens (tertiary/aromatic N) is 2. The van der Waals surface area contributed by atoms with E-state index in [2.05, 4.69) is 101 Å². The van der Waals surface area contributed by atoms with Gasteiger partial charge in [-0.15, -0.1) is 22.7 Å². The number of hydrogen-bond donors (Lipinski definition) is 0. The van der Waals surface area contributed by atoms with Crippen molar-refractivity contribution >= 4 is 42.8 Å². The average Bonchev–Trinajstić information content (AvgIpc) is 3.41. The van der Waals surface area contributed by atoms with Crippen molar-refractivity contribution in [2.75, 3.05) is 0 Å². The zero-order valence-electron chi connectivity index (χ0n) is 16.0. The monoisotopic (exact) mass is 421 g/mol. The van der Waals surface area contributed by atoms with Crippen LogP contribution in [0.5, 0.6) is 0 Å². The molecule has 142 valence electrons. The molecule has 2 nitrogen and oxygen atoms in total. The molecule has 0 bridgehead atoms. The van der Waals surface area contributed by atoms with Gasteiger partial charge in [0, 0.05) is 27.7 Å². The van der Waals surface area contributed by atoms with E-state index in [-0.39, 0.29) is 0 Å². The minimum absolute atomic E-state index is 1.01. The second kappa shape index (κ2) is 7.17. The van der Waals surface area contributed by atoms with Crippen molar-refractivity contribution in [2.45, 2.75) is 0 Å². The van der Waals surface area contributed by atoms with Gasteiger partial charge in [0.15, 0.2) is 6.20 Å². The molecule has 0 N–H and O–H groups in total. The number of benzene rings is 2. The van der Waals surface area contributed by atoms with Crippen LogP contribution in [0.25, 0.3) is 47.0 Å². The minimum atomic E-state index is 1.01. The van der Waals surface area contributed by atoms with Crippen LogP contribution in [0.2, 0.25) is 0 Å². The third kappa shape index (κ3) is 2.84. The second-order valence-electron chi connectivity index (χ2n) is 7.10. The van der Waals surface area contributed by atoms with Crippen LogP contribution in [0.15, 0.2) is 103 Å². The van der Waals surface area contributed by atoms with Crippen molar-refractivity contribution in [2.24, 2.45) is 0 Å². The van der Waals surface area contributed by atoms with E-state index in [1.807, 2.05) is 23.6 Å². The van der Waals surface area contributed by atoms with Crippen molar-refractivity contribution in [1.82, 2.24) is 4.98 Å². The molecular formula is C26H17N2S2+. The summed E-state index contributed by atoms with van der Waals surface area (Å²) in [7, 11) is 0. The lowest BCUT2D eigenvalue weighted by atomic mass is 10.1. The first-order valence-electron chi connectivity index (χ1n) is 9.81. The number of aromatic nitrogens is 2. The van der Waals surface area contributed by atoms with Gasteiger partial charge in [-0.1, -0.05) is 36.4 Å². The van der Waals surface area contributed by atoms with Gasteiger partial charge >= 0.3 is 0 Å². The first-order chi connectivity index (χ1) is 14.9. The molecule has 0 aliphatic heterocycles. The summed E-state index contributed by atoms with van der Waals surface area (Å²) in [5.41, 5.74) is 3.40. The summed E-state index contributed by atoms with van der Waals surface area (Å²) in [6.07, 6.45) is 4.03. The standard InChI is InChI=1S/C26H17N2S2/c1-3-13-22-18(9-1)17-24(29-22)21-12-6-8-16-28(21)25-19-10-2-4-14-23(19)30-26(25)20-11-5-7-15-27-20/h1-17H/q+1. The molecule has 4 heteroatoms. The molecule has 0 aliphatic carbocycles. The Bertz CT molecular complexity index is 1460. The van der Waals surface area contributed by atoms with Crippen LogP contribution in [0.3, 0.4) is 0 Å². The quantitative estimate of drug-likeness (QED) is 0.278. The molecule has 30 heavy (non-hydrogen) atoms. The maximum Gasteiger partial charge on any atom is 0.239 e. The molecule has 0 saturated heterocycles. The Morgan fingerprint density at radius 3 is 2.37 bits per heavy atom. The summed E-state index contributed by atoms with van der Waals surface area (Å²) >= 11 is 3.64. The molecule has 6 aromatic rings. The Morgan fingerprint density at radius 2 is 1.50 bits per heavy atom. The fourth-order valence-corrected chi connectivity index (χ4v) is 6.15. The molecule has 0 saturated carbocycles. The van der Waals surface area contributed by atoms with E-state index in [1.165, 1.54) is 41.3 Å². The second-order valence-corrected chi connectivity index (χ2v) is 9.23. The van der Waals surface area contributed by atoms with Gasteiger partial charge in [-0.25, -0.2) is 0 Å². The Morgan fingerprint density at radius 1 is 0.700 bits per heavy atom. The van der Waals surface area contributed by atoms with Gasteiger partial charge in [-0.3, -0.25) is 4.98 Å². The number of pyridine rings is 2. The van der Waals surface area contributed by atoms with E-state index in [0.717, 1.165) is 5.69 Å². The van der Waals surface area contributed by atoms with E-state index >= 15 is 0 Å². The molecule has 0 radical (unpaired) electrons. The Hall–Kier alpha value is -3.34. The lowest BCUT2D eigenvalue weighted by Crippen LogP contribution is -2.32. The minimum Gasteiger partial charge on any atom is -0.255 e. The molecule has 0 unspecified atom stereocenters. The van der Waals surface area contributed by atoms with Gasteiger partial charge in [0.1, 0.15) is 9.75 Å². The molecule has 6 rings (SSSR count). The number of fused-ring (bicyclic) bond motifs is 2. The van der Waals surface area contributed by atoms with E-state index in [4.69, 9.17) is 0 Å². The van der Waals surface area contributed by atoms with E-state index in [9.17, 15) is 0 Å². The molecular weight excluding hydrogens is 404 g/mol. The summed E-state index contributed by atoms with van der Waals surface area (Å²) in [5.74, 6) is 0. The van der Waals surface area contributed by atoms with Crippen LogP contribution < -0.4 is 4.57 Å². The van der Waals surface area contributed by atoms with E-state index < -0.39 is 0 Å².